The first-order chi connectivity index (χ1) is 12.5. The average molecular weight is 353 g/mol. The number of halogens is 1. The van der Waals surface area contributed by atoms with Crippen LogP contribution in [0.25, 0.3) is 0 Å². The quantitative estimate of drug-likeness (QED) is 0.775. The van der Waals surface area contributed by atoms with Gasteiger partial charge in [0.25, 0.3) is 0 Å². The molecule has 0 aromatic heterocycles. The van der Waals surface area contributed by atoms with Crippen LogP contribution in [0.4, 0.5) is 4.39 Å². The van der Waals surface area contributed by atoms with Gasteiger partial charge in [-0.2, -0.15) is 0 Å². The minimum Gasteiger partial charge on any atom is -0.350 e. The van der Waals surface area contributed by atoms with Crippen LogP contribution < -0.4 is 5.32 Å². The Labute approximate surface area is 153 Å². The molecule has 0 radical (unpaired) electrons. The van der Waals surface area contributed by atoms with E-state index in [1.807, 2.05) is 6.92 Å². The van der Waals surface area contributed by atoms with Crippen molar-refractivity contribution in [1.29, 1.82) is 0 Å². The summed E-state index contributed by atoms with van der Waals surface area (Å²) in [6.45, 7) is 1.96. The van der Waals surface area contributed by atoms with Crippen molar-refractivity contribution in [1.82, 2.24) is 5.32 Å². The smallest absolute Gasteiger partial charge is 0.220 e. The molecule has 1 N–H and O–H groups in total. The number of aryl methyl sites for hydroxylation is 2. The van der Waals surface area contributed by atoms with E-state index in [0.717, 1.165) is 18.4 Å². The highest BCUT2D eigenvalue weighted by Crippen LogP contribution is 2.24. The Morgan fingerprint density at radius 1 is 1.00 bits per heavy atom. The van der Waals surface area contributed by atoms with Gasteiger partial charge in [-0.15, -0.1) is 0 Å². The molecule has 26 heavy (non-hydrogen) atoms. The van der Waals surface area contributed by atoms with Crippen molar-refractivity contribution in [2.45, 2.75) is 51.5 Å². The van der Waals surface area contributed by atoms with E-state index in [1.54, 1.807) is 0 Å². The lowest BCUT2D eigenvalue weighted by atomic mass is 9.89. The van der Waals surface area contributed by atoms with Gasteiger partial charge in [-0.1, -0.05) is 18.2 Å². The van der Waals surface area contributed by atoms with Crippen LogP contribution in [0.3, 0.4) is 0 Å². The highest BCUT2D eigenvalue weighted by Gasteiger charge is 2.15. The maximum atomic E-state index is 12.9. The van der Waals surface area contributed by atoms with Gasteiger partial charge < -0.3 is 5.32 Å². The van der Waals surface area contributed by atoms with E-state index in [4.69, 9.17) is 0 Å². The summed E-state index contributed by atoms with van der Waals surface area (Å²) in [4.78, 5) is 24.3. The van der Waals surface area contributed by atoms with Crippen LogP contribution >= 0.6 is 0 Å². The van der Waals surface area contributed by atoms with Crippen molar-refractivity contribution in [2.24, 2.45) is 0 Å². The molecular weight excluding hydrogens is 329 g/mol. The summed E-state index contributed by atoms with van der Waals surface area (Å²) in [6, 6.07) is 11.8. The summed E-state index contributed by atoms with van der Waals surface area (Å²) < 4.78 is 12.9. The first-order valence-corrected chi connectivity index (χ1v) is 9.23. The first-order valence-electron chi connectivity index (χ1n) is 9.23. The maximum absolute atomic E-state index is 12.9. The lowest BCUT2D eigenvalue weighted by Gasteiger charge is -2.20. The van der Waals surface area contributed by atoms with E-state index < -0.39 is 0 Å². The van der Waals surface area contributed by atoms with Crippen LogP contribution in [0.1, 0.15) is 65.7 Å². The molecule has 0 saturated carbocycles. The van der Waals surface area contributed by atoms with Crippen molar-refractivity contribution in [3.8, 4) is 0 Å². The molecule has 1 amide bonds. The van der Waals surface area contributed by atoms with Crippen molar-refractivity contribution in [3.63, 3.8) is 0 Å². The number of hydrogen-bond donors (Lipinski definition) is 1. The Balaban J connectivity index is 1.52. The van der Waals surface area contributed by atoms with Gasteiger partial charge in [0.05, 0.1) is 6.04 Å². The highest BCUT2D eigenvalue weighted by molar-refractivity contribution is 5.97. The third-order valence-electron chi connectivity index (χ3n) is 5.00. The largest absolute Gasteiger partial charge is 0.350 e. The third-order valence-corrected chi connectivity index (χ3v) is 5.00. The molecule has 0 heterocycles. The number of amides is 1. The second-order valence-electron chi connectivity index (χ2n) is 6.95. The molecule has 2 aromatic carbocycles. The normalized spacial score (nSPS) is 14.4. The van der Waals surface area contributed by atoms with Crippen LogP contribution in [0.15, 0.2) is 42.5 Å². The Hall–Kier alpha value is -2.49. The van der Waals surface area contributed by atoms with Crippen molar-refractivity contribution < 1.29 is 14.0 Å². The molecule has 0 saturated heterocycles. The van der Waals surface area contributed by atoms with Crippen LogP contribution in [0.5, 0.6) is 0 Å². The van der Waals surface area contributed by atoms with Gasteiger partial charge in [0.15, 0.2) is 5.78 Å². The second kappa shape index (κ2) is 8.26. The molecule has 136 valence electrons. The fourth-order valence-corrected chi connectivity index (χ4v) is 3.43. The Morgan fingerprint density at radius 3 is 2.42 bits per heavy atom. The number of ketones is 1. The SMILES string of the molecule is CC(NC(=O)CCC(=O)c1ccc(F)cc1)c1ccc2c(c1)CCCC2. The Kier molecular flexibility index (Phi) is 5.82. The predicted octanol–water partition coefficient (Wildman–Crippen LogP) is 4.54. The van der Waals surface area contributed by atoms with E-state index in [9.17, 15) is 14.0 Å². The molecule has 4 heteroatoms. The topological polar surface area (TPSA) is 46.2 Å². The van der Waals surface area contributed by atoms with E-state index in [1.165, 1.54) is 48.2 Å². The first kappa shape index (κ1) is 18.3. The van der Waals surface area contributed by atoms with E-state index >= 15 is 0 Å². The predicted molar refractivity (Wildman–Crippen MR) is 99.6 cm³/mol. The van der Waals surface area contributed by atoms with E-state index in [2.05, 4.69) is 23.5 Å². The standard InChI is InChI=1S/C22H24FNO2/c1-15(18-7-6-16-4-2-3-5-19(16)14-18)24-22(26)13-12-21(25)17-8-10-20(23)11-9-17/h6-11,14-15H,2-5,12-13H2,1H3,(H,24,26). The lowest BCUT2D eigenvalue weighted by Crippen LogP contribution is -2.27. The van der Waals surface area contributed by atoms with E-state index in [0.29, 0.717) is 5.56 Å². The fourth-order valence-electron chi connectivity index (χ4n) is 3.43. The number of hydrogen-bond acceptors (Lipinski definition) is 2. The van der Waals surface area contributed by atoms with Crippen molar-refractivity contribution >= 4 is 11.7 Å². The van der Waals surface area contributed by atoms with Gasteiger partial charge in [0.2, 0.25) is 5.91 Å². The van der Waals surface area contributed by atoms with Crippen molar-refractivity contribution in [2.75, 3.05) is 0 Å². The number of nitrogens with one attached hydrogen (secondary N) is 1. The average Bonchev–Trinajstić information content (AvgIpc) is 2.66. The number of carbonyl (C=O) groups excluding carboxylic acids is 2. The molecule has 1 aliphatic carbocycles. The zero-order valence-corrected chi connectivity index (χ0v) is 15.1. The summed E-state index contributed by atoms with van der Waals surface area (Å²) >= 11 is 0. The molecule has 0 spiro atoms. The van der Waals surface area contributed by atoms with Crippen LogP contribution in [-0.2, 0) is 17.6 Å². The molecule has 1 aliphatic rings. The van der Waals surface area contributed by atoms with Gasteiger partial charge >= 0.3 is 0 Å². The van der Waals surface area contributed by atoms with Gasteiger partial charge in [-0.05, 0) is 73.6 Å². The summed E-state index contributed by atoms with van der Waals surface area (Å²) in [5.41, 5.74) is 4.34. The van der Waals surface area contributed by atoms with Crippen LogP contribution in [0, 0.1) is 5.82 Å². The molecule has 0 aliphatic heterocycles. The maximum Gasteiger partial charge on any atom is 0.220 e. The summed E-state index contributed by atoms with van der Waals surface area (Å²) in [5, 5.41) is 2.97. The fraction of sp³-hybridized carbons (Fsp3) is 0.364. The molecule has 1 atom stereocenters. The number of fused-ring (bicyclic) bond motifs is 1. The summed E-state index contributed by atoms with van der Waals surface area (Å²) in [6.07, 6.45) is 4.97. The zero-order valence-electron chi connectivity index (χ0n) is 15.1. The molecule has 2 aromatic rings. The van der Waals surface area contributed by atoms with Gasteiger partial charge in [0, 0.05) is 18.4 Å². The second-order valence-corrected chi connectivity index (χ2v) is 6.95. The summed E-state index contributed by atoms with van der Waals surface area (Å²) in [5.74, 6) is -0.676. The monoisotopic (exact) mass is 353 g/mol. The van der Waals surface area contributed by atoms with Gasteiger partial charge in [-0.3, -0.25) is 9.59 Å². The third kappa shape index (κ3) is 4.57. The molecule has 0 bridgehead atoms. The lowest BCUT2D eigenvalue weighted by molar-refractivity contribution is -0.121. The van der Waals surface area contributed by atoms with Gasteiger partial charge in [0.1, 0.15) is 5.82 Å². The minimum atomic E-state index is -0.377. The number of rotatable bonds is 6. The van der Waals surface area contributed by atoms with Gasteiger partial charge in [-0.25, -0.2) is 4.39 Å². The van der Waals surface area contributed by atoms with E-state index in [-0.39, 0.29) is 36.4 Å². The molecule has 3 nitrogen and oxygen atoms in total. The highest BCUT2D eigenvalue weighted by atomic mass is 19.1. The van der Waals surface area contributed by atoms with Crippen molar-refractivity contribution in [3.05, 3.63) is 70.5 Å². The molecule has 0 fully saturated rings. The number of carbonyl (C=O) groups is 2. The van der Waals surface area contributed by atoms with Crippen LogP contribution in [0.2, 0.25) is 0 Å². The Morgan fingerprint density at radius 2 is 1.69 bits per heavy atom. The molecule has 1 unspecified atom stereocenters. The minimum absolute atomic E-state index is 0.0874. The molecule has 3 rings (SSSR count). The number of benzene rings is 2. The summed E-state index contributed by atoms with van der Waals surface area (Å²) in [7, 11) is 0. The van der Waals surface area contributed by atoms with Crippen LogP contribution in [-0.4, -0.2) is 11.7 Å². The molecular formula is C22H24FNO2. The number of Topliss-reactive ketones (excluding diaryl/α,β-unsaturated/α-hetero) is 1. The Bertz CT molecular complexity index is 798. The zero-order chi connectivity index (χ0) is 18.5.